The zero-order valence-electron chi connectivity index (χ0n) is 10.4. The Bertz CT molecular complexity index is 562. The smallest absolute Gasteiger partial charge is 0.308 e. The van der Waals surface area contributed by atoms with Crippen LogP contribution in [0.15, 0.2) is 12.1 Å². The van der Waals surface area contributed by atoms with Gasteiger partial charge in [0.05, 0.1) is 11.5 Å². The summed E-state index contributed by atoms with van der Waals surface area (Å²) in [5, 5.41) is 8.92. The number of hydrogen-bond acceptors (Lipinski definition) is 2. The summed E-state index contributed by atoms with van der Waals surface area (Å²) in [6.07, 6.45) is 0.896. The molecule has 1 aromatic rings. The quantitative estimate of drug-likeness (QED) is 0.847. The van der Waals surface area contributed by atoms with E-state index in [4.69, 9.17) is 5.11 Å². The van der Waals surface area contributed by atoms with Crippen LogP contribution in [-0.2, 0) is 4.79 Å². The van der Waals surface area contributed by atoms with Gasteiger partial charge in [-0.3, -0.25) is 9.59 Å². The first-order chi connectivity index (χ1) is 9.41. The number of piperidine rings is 1. The minimum atomic E-state index is -1.71. The zero-order valence-corrected chi connectivity index (χ0v) is 10.4. The maximum Gasteiger partial charge on any atom is 0.308 e. The highest BCUT2D eigenvalue weighted by Crippen LogP contribution is 2.21. The third-order valence-electron chi connectivity index (χ3n) is 3.32. The minimum Gasteiger partial charge on any atom is -0.481 e. The van der Waals surface area contributed by atoms with Gasteiger partial charge in [0.15, 0.2) is 17.5 Å². The molecule has 7 heteroatoms. The summed E-state index contributed by atoms with van der Waals surface area (Å²) in [6.45, 7) is 0.202. The molecule has 0 aliphatic carbocycles. The Kier molecular flexibility index (Phi) is 3.96. The summed E-state index contributed by atoms with van der Waals surface area (Å²) >= 11 is 0. The molecule has 2 rings (SSSR count). The summed E-state index contributed by atoms with van der Waals surface area (Å²) in [4.78, 5) is 24.1. The molecule has 0 aromatic heterocycles. The predicted octanol–water partition coefficient (Wildman–Crippen LogP) is 2.04. The highest BCUT2D eigenvalue weighted by Gasteiger charge is 2.30. The number of halogens is 3. The lowest BCUT2D eigenvalue weighted by Crippen LogP contribution is -2.42. The second kappa shape index (κ2) is 5.52. The predicted molar refractivity (Wildman–Crippen MR) is 62.6 cm³/mol. The lowest BCUT2D eigenvalue weighted by Gasteiger charge is -2.30. The molecule has 108 valence electrons. The Morgan fingerprint density at radius 1 is 1.20 bits per heavy atom. The Balaban J connectivity index is 2.23. The van der Waals surface area contributed by atoms with Crippen LogP contribution in [0.3, 0.4) is 0 Å². The Morgan fingerprint density at radius 3 is 2.55 bits per heavy atom. The number of carboxylic acids is 1. The van der Waals surface area contributed by atoms with Gasteiger partial charge in [0.25, 0.3) is 5.91 Å². The lowest BCUT2D eigenvalue weighted by molar-refractivity contribution is -0.143. The number of rotatable bonds is 2. The van der Waals surface area contributed by atoms with Crippen LogP contribution < -0.4 is 0 Å². The number of carbonyl (C=O) groups excluding carboxylic acids is 1. The van der Waals surface area contributed by atoms with Crippen LogP contribution in [0.2, 0.25) is 0 Å². The molecule has 0 radical (unpaired) electrons. The fourth-order valence-corrected chi connectivity index (χ4v) is 2.22. The Labute approximate surface area is 112 Å². The van der Waals surface area contributed by atoms with E-state index in [9.17, 15) is 22.8 Å². The highest BCUT2D eigenvalue weighted by atomic mass is 19.2. The number of likely N-dealkylation sites (tertiary alicyclic amines) is 1. The van der Waals surface area contributed by atoms with Gasteiger partial charge in [0, 0.05) is 13.1 Å². The zero-order chi connectivity index (χ0) is 14.9. The van der Waals surface area contributed by atoms with E-state index >= 15 is 0 Å². The van der Waals surface area contributed by atoms with Crippen molar-refractivity contribution in [3.63, 3.8) is 0 Å². The van der Waals surface area contributed by atoms with Crippen LogP contribution in [0.5, 0.6) is 0 Å². The third kappa shape index (κ3) is 2.61. The van der Waals surface area contributed by atoms with E-state index in [1.54, 1.807) is 0 Å². The van der Waals surface area contributed by atoms with E-state index in [0.717, 1.165) is 11.0 Å². The molecule has 1 aliphatic heterocycles. The number of hydrogen-bond donors (Lipinski definition) is 1. The molecule has 1 aromatic carbocycles. The maximum atomic E-state index is 13.5. The van der Waals surface area contributed by atoms with Crippen molar-refractivity contribution in [1.82, 2.24) is 4.90 Å². The monoisotopic (exact) mass is 287 g/mol. The number of carboxylic acid groups (broad SMARTS) is 1. The molecule has 4 nitrogen and oxygen atoms in total. The second-order valence-corrected chi connectivity index (χ2v) is 4.65. The molecule has 1 aliphatic rings. The Morgan fingerprint density at radius 2 is 1.90 bits per heavy atom. The van der Waals surface area contributed by atoms with Gasteiger partial charge in [-0.15, -0.1) is 0 Å². The fourth-order valence-electron chi connectivity index (χ4n) is 2.22. The number of nitrogens with zero attached hydrogens (tertiary/aromatic N) is 1. The van der Waals surface area contributed by atoms with E-state index in [0.29, 0.717) is 18.9 Å². The summed E-state index contributed by atoms with van der Waals surface area (Å²) in [6, 6.07) is 1.53. The highest BCUT2D eigenvalue weighted by molar-refractivity contribution is 5.94. The van der Waals surface area contributed by atoms with Gasteiger partial charge in [0.1, 0.15) is 0 Å². The van der Waals surface area contributed by atoms with Crippen molar-refractivity contribution in [2.24, 2.45) is 5.92 Å². The molecule has 20 heavy (non-hydrogen) atoms. The minimum absolute atomic E-state index is 0.0629. The molecule has 1 heterocycles. The van der Waals surface area contributed by atoms with Crippen molar-refractivity contribution in [1.29, 1.82) is 0 Å². The molecule has 1 saturated heterocycles. The van der Waals surface area contributed by atoms with Gasteiger partial charge in [0.2, 0.25) is 0 Å². The standard InChI is InChI=1S/C13H12F3NO3/c14-9-4-3-8(10(15)11(9)16)12(18)17-5-1-2-7(6-17)13(19)20/h3-4,7H,1-2,5-6H2,(H,19,20)/t7-/m0/s1. The maximum absolute atomic E-state index is 13.5. The van der Waals surface area contributed by atoms with Crippen molar-refractivity contribution in [2.45, 2.75) is 12.8 Å². The van der Waals surface area contributed by atoms with Crippen LogP contribution in [0.1, 0.15) is 23.2 Å². The lowest BCUT2D eigenvalue weighted by atomic mass is 9.97. The number of carbonyl (C=O) groups is 2. The fraction of sp³-hybridized carbons (Fsp3) is 0.385. The van der Waals surface area contributed by atoms with Gasteiger partial charge >= 0.3 is 5.97 Å². The second-order valence-electron chi connectivity index (χ2n) is 4.65. The van der Waals surface area contributed by atoms with Crippen LogP contribution in [-0.4, -0.2) is 35.0 Å². The molecule has 0 spiro atoms. The first-order valence-corrected chi connectivity index (χ1v) is 6.07. The molecule has 0 bridgehead atoms. The molecular weight excluding hydrogens is 275 g/mol. The van der Waals surface area contributed by atoms with Gasteiger partial charge in [-0.1, -0.05) is 0 Å². The summed E-state index contributed by atoms with van der Waals surface area (Å²) in [5.74, 6) is -7.21. The van der Waals surface area contributed by atoms with E-state index < -0.39 is 40.8 Å². The van der Waals surface area contributed by atoms with Gasteiger partial charge < -0.3 is 10.0 Å². The van der Waals surface area contributed by atoms with Crippen LogP contribution in [0.4, 0.5) is 13.2 Å². The van der Waals surface area contributed by atoms with Crippen molar-refractivity contribution in [3.05, 3.63) is 35.1 Å². The summed E-state index contributed by atoms with van der Waals surface area (Å²) < 4.78 is 39.5. The first kappa shape index (κ1) is 14.4. The van der Waals surface area contributed by atoms with Crippen molar-refractivity contribution >= 4 is 11.9 Å². The number of aliphatic carboxylic acids is 1. The molecule has 1 N–H and O–H groups in total. The van der Waals surface area contributed by atoms with Gasteiger partial charge in [-0.2, -0.15) is 0 Å². The van der Waals surface area contributed by atoms with Crippen molar-refractivity contribution < 1.29 is 27.9 Å². The average Bonchev–Trinajstić information content (AvgIpc) is 2.44. The van der Waals surface area contributed by atoms with Crippen LogP contribution in [0.25, 0.3) is 0 Å². The number of benzene rings is 1. The normalized spacial score (nSPS) is 18.9. The van der Waals surface area contributed by atoms with Crippen molar-refractivity contribution in [2.75, 3.05) is 13.1 Å². The van der Waals surface area contributed by atoms with Crippen molar-refractivity contribution in [3.8, 4) is 0 Å². The SMILES string of the molecule is O=C(O)[C@H]1CCCN(C(=O)c2ccc(F)c(F)c2F)C1. The topological polar surface area (TPSA) is 57.6 Å². The van der Waals surface area contributed by atoms with Crippen LogP contribution in [0, 0.1) is 23.4 Å². The molecule has 0 unspecified atom stereocenters. The average molecular weight is 287 g/mol. The molecule has 1 amide bonds. The Hall–Kier alpha value is -2.05. The van der Waals surface area contributed by atoms with Gasteiger partial charge in [-0.05, 0) is 25.0 Å². The molecule has 0 saturated carbocycles. The third-order valence-corrected chi connectivity index (χ3v) is 3.32. The summed E-state index contributed by atoms with van der Waals surface area (Å²) in [7, 11) is 0. The van der Waals surface area contributed by atoms with E-state index in [-0.39, 0.29) is 13.1 Å². The van der Waals surface area contributed by atoms with E-state index in [2.05, 4.69) is 0 Å². The molecular formula is C13H12F3NO3. The number of amides is 1. The van der Waals surface area contributed by atoms with E-state index in [1.165, 1.54) is 0 Å². The molecule has 1 fully saturated rings. The summed E-state index contributed by atoms with van der Waals surface area (Å²) in [5.41, 5.74) is -0.588. The van der Waals surface area contributed by atoms with Crippen LogP contribution >= 0.6 is 0 Å². The molecule has 1 atom stereocenters. The first-order valence-electron chi connectivity index (χ1n) is 6.07. The largest absolute Gasteiger partial charge is 0.481 e. The van der Waals surface area contributed by atoms with E-state index in [1.807, 2.05) is 0 Å². The van der Waals surface area contributed by atoms with Gasteiger partial charge in [-0.25, -0.2) is 13.2 Å².